The lowest BCUT2D eigenvalue weighted by Crippen LogP contribution is -2.06. The maximum atomic E-state index is 4.10. The van der Waals surface area contributed by atoms with E-state index in [9.17, 15) is 0 Å². The third-order valence-corrected chi connectivity index (χ3v) is 2.71. The number of aromatic nitrogens is 3. The van der Waals surface area contributed by atoms with E-state index in [0.29, 0.717) is 12.0 Å². The van der Waals surface area contributed by atoms with Gasteiger partial charge in [0, 0.05) is 12.0 Å². The highest BCUT2D eigenvalue weighted by atomic mass is 79.9. The second kappa shape index (κ2) is 2.83. The molecule has 1 aromatic rings. The van der Waals surface area contributed by atoms with Gasteiger partial charge < -0.3 is 0 Å². The van der Waals surface area contributed by atoms with Gasteiger partial charge in [-0.3, -0.25) is 0 Å². The molecule has 12 heavy (non-hydrogen) atoms. The Balaban J connectivity index is 2.39. The van der Waals surface area contributed by atoms with E-state index in [2.05, 4.69) is 40.1 Å². The Kier molecular flexibility index (Phi) is 1.94. The first kappa shape index (κ1) is 8.23. The third-order valence-electron chi connectivity index (χ3n) is 2.14. The van der Waals surface area contributed by atoms with Gasteiger partial charge in [-0.2, -0.15) is 0 Å². The molecule has 0 atom stereocenters. The van der Waals surface area contributed by atoms with Crippen LogP contribution in [0.1, 0.15) is 44.3 Å². The summed E-state index contributed by atoms with van der Waals surface area (Å²) in [6.07, 6.45) is 2.58. The molecule has 0 aliphatic heterocycles. The summed E-state index contributed by atoms with van der Waals surface area (Å²) in [5.41, 5.74) is 1.28. The zero-order valence-corrected chi connectivity index (χ0v) is 8.87. The van der Waals surface area contributed by atoms with E-state index < -0.39 is 0 Å². The molecular weight excluding hydrogens is 218 g/mol. The number of nitrogens with zero attached hydrogens (tertiary/aromatic N) is 3. The van der Waals surface area contributed by atoms with Crippen LogP contribution in [-0.2, 0) is 0 Å². The van der Waals surface area contributed by atoms with Gasteiger partial charge in [0.25, 0.3) is 0 Å². The summed E-state index contributed by atoms with van der Waals surface area (Å²) in [6, 6.07) is 0.416. The molecule has 0 unspecified atom stereocenters. The molecule has 1 aromatic heterocycles. The van der Waals surface area contributed by atoms with Crippen molar-refractivity contribution in [2.24, 2.45) is 0 Å². The predicted octanol–water partition coefficient (Wildman–Crippen LogP) is 2.50. The SMILES string of the molecule is CC(C)n1nnc(Br)c1C1CC1. The summed E-state index contributed by atoms with van der Waals surface area (Å²) in [7, 11) is 0. The maximum Gasteiger partial charge on any atom is 0.151 e. The van der Waals surface area contributed by atoms with E-state index in [1.54, 1.807) is 0 Å². The van der Waals surface area contributed by atoms with Crippen LogP contribution in [0.15, 0.2) is 4.60 Å². The van der Waals surface area contributed by atoms with E-state index in [4.69, 9.17) is 0 Å². The summed E-state index contributed by atoms with van der Waals surface area (Å²) in [4.78, 5) is 0. The Morgan fingerprint density at radius 2 is 2.17 bits per heavy atom. The van der Waals surface area contributed by atoms with E-state index in [-0.39, 0.29) is 0 Å². The lowest BCUT2D eigenvalue weighted by molar-refractivity contribution is 0.494. The first-order valence-corrected chi connectivity index (χ1v) is 5.10. The van der Waals surface area contributed by atoms with Gasteiger partial charge in [0.05, 0.1) is 5.69 Å². The molecule has 0 bridgehead atoms. The fraction of sp³-hybridized carbons (Fsp3) is 0.750. The van der Waals surface area contributed by atoms with Gasteiger partial charge >= 0.3 is 0 Å². The number of hydrogen-bond acceptors (Lipinski definition) is 2. The summed E-state index contributed by atoms with van der Waals surface area (Å²) < 4.78 is 2.94. The minimum atomic E-state index is 0.416. The molecule has 1 aliphatic carbocycles. The molecule has 0 saturated heterocycles. The highest BCUT2D eigenvalue weighted by molar-refractivity contribution is 9.10. The molecule has 1 aliphatic rings. The van der Waals surface area contributed by atoms with Gasteiger partial charge in [-0.15, -0.1) is 5.10 Å². The molecule has 3 nitrogen and oxygen atoms in total. The van der Waals surface area contributed by atoms with Crippen LogP contribution >= 0.6 is 15.9 Å². The molecule has 0 radical (unpaired) electrons. The van der Waals surface area contributed by atoms with E-state index in [0.717, 1.165) is 4.60 Å². The van der Waals surface area contributed by atoms with Crippen molar-refractivity contribution in [1.82, 2.24) is 15.0 Å². The monoisotopic (exact) mass is 229 g/mol. The molecule has 0 aromatic carbocycles. The zero-order valence-electron chi connectivity index (χ0n) is 7.29. The van der Waals surface area contributed by atoms with Gasteiger partial charge in [0.2, 0.25) is 0 Å². The summed E-state index contributed by atoms with van der Waals surface area (Å²) >= 11 is 3.43. The summed E-state index contributed by atoms with van der Waals surface area (Å²) in [5, 5.41) is 8.12. The van der Waals surface area contributed by atoms with Crippen molar-refractivity contribution in [3.05, 3.63) is 10.3 Å². The first-order valence-electron chi connectivity index (χ1n) is 4.30. The van der Waals surface area contributed by atoms with E-state index in [1.807, 2.05) is 4.68 Å². The lowest BCUT2D eigenvalue weighted by atomic mass is 10.3. The molecule has 1 fully saturated rings. The van der Waals surface area contributed by atoms with Crippen LogP contribution in [0.2, 0.25) is 0 Å². The molecule has 66 valence electrons. The van der Waals surface area contributed by atoms with Gasteiger partial charge in [-0.1, -0.05) is 5.21 Å². The van der Waals surface area contributed by atoms with Crippen molar-refractivity contribution in [2.75, 3.05) is 0 Å². The first-order chi connectivity index (χ1) is 5.70. The Morgan fingerprint density at radius 1 is 1.50 bits per heavy atom. The maximum absolute atomic E-state index is 4.10. The molecule has 1 heterocycles. The second-order valence-corrected chi connectivity index (χ2v) is 4.33. The fourth-order valence-electron chi connectivity index (χ4n) is 1.38. The van der Waals surface area contributed by atoms with Crippen molar-refractivity contribution < 1.29 is 0 Å². The fourth-order valence-corrected chi connectivity index (χ4v) is 1.95. The second-order valence-electron chi connectivity index (χ2n) is 3.58. The molecule has 0 spiro atoms. The number of halogens is 1. The van der Waals surface area contributed by atoms with Crippen LogP contribution in [0.5, 0.6) is 0 Å². The highest BCUT2D eigenvalue weighted by Gasteiger charge is 2.31. The number of hydrogen-bond donors (Lipinski definition) is 0. The Morgan fingerprint density at radius 3 is 2.67 bits per heavy atom. The van der Waals surface area contributed by atoms with Crippen molar-refractivity contribution in [1.29, 1.82) is 0 Å². The third kappa shape index (κ3) is 1.28. The van der Waals surface area contributed by atoms with Gasteiger partial charge in [0.15, 0.2) is 4.60 Å². The molecule has 0 amide bonds. The van der Waals surface area contributed by atoms with Crippen molar-refractivity contribution in [3.63, 3.8) is 0 Å². The molecule has 4 heteroatoms. The molecule has 1 saturated carbocycles. The lowest BCUT2D eigenvalue weighted by Gasteiger charge is -2.08. The van der Waals surface area contributed by atoms with E-state index >= 15 is 0 Å². The van der Waals surface area contributed by atoms with Gasteiger partial charge in [0.1, 0.15) is 0 Å². The smallest absolute Gasteiger partial charge is 0.151 e. The zero-order chi connectivity index (χ0) is 8.72. The summed E-state index contributed by atoms with van der Waals surface area (Å²) in [6.45, 7) is 4.26. The van der Waals surface area contributed by atoms with Crippen LogP contribution in [-0.4, -0.2) is 15.0 Å². The van der Waals surface area contributed by atoms with Crippen LogP contribution < -0.4 is 0 Å². The van der Waals surface area contributed by atoms with Crippen molar-refractivity contribution in [2.45, 2.75) is 38.6 Å². The average Bonchev–Trinajstić information content (AvgIpc) is 2.75. The Bertz CT molecular complexity index is 288. The van der Waals surface area contributed by atoms with Crippen molar-refractivity contribution >= 4 is 15.9 Å². The van der Waals surface area contributed by atoms with Crippen LogP contribution in [0, 0.1) is 0 Å². The molecular formula is C8H12BrN3. The molecule has 2 rings (SSSR count). The normalized spacial score (nSPS) is 17.3. The highest BCUT2D eigenvalue weighted by Crippen LogP contribution is 2.43. The summed E-state index contributed by atoms with van der Waals surface area (Å²) in [5.74, 6) is 0.705. The van der Waals surface area contributed by atoms with E-state index in [1.165, 1.54) is 18.5 Å². The largest absolute Gasteiger partial charge is 0.245 e. The Hall–Kier alpha value is -0.380. The standard InChI is InChI=1S/C8H12BrN3/c1-5(2)12-7(6-3-4-6)8(9)10-11-12/h5-6H,3-4H2,1-2H3. The minimum absolute atomic E-state index is 0.416. The Labute approximate surface area is 80.3 Å². The predicted molar refractivity (Wildman–Crippen MR) is 50.1 cm³/mol. The number of rotatable bonds is 2. The minimum Gasteiger partial charge on any atom is -0.245 e. The van der Waals surface area contributed by atoms with Gasteiger partial charge in [-0.25, -0.2) is 4.68 Å². The topological polar surface area (TPSA) is 30.7 Å². The molecule has 0 N–H and O–H groups in total. The van der Waals surface area contributed by atoms with Gasteiger partial charge in [-0.05, 0) is 42.6 Å². The van der Waals surface area contributed by atoms with Crippen molar-refractivity contribution in [3.8, 4) is 0 Å². The van der Waals surface area contributed by atoms with Crippen LogP contribution in [0.3, 0.4) is 0 Å². The van der Waals surface area contributed by atoms with Crippen LogP contribution in [0.25, 0.3) is 0 Å². The quantitative estimate of drug-likeness (QED) is 0.781. The van der Waals surface area contributed by atoms with Crippen LogP contribution in [0.4, 0.5) is 0 Å². The average molecular weight is 230 g/mol.